The zero-order chi connectivity index (χ0) is 20.4. The number of amides is 1. The number of benzene rings is 2. The van der Waals surface area contributed by atoms with Crippen LogP contribution in [-0.2, 0) is 0 Å². The second-order valence-corrected chi connectivity index (χ2v) is 6.85. The summed E-state index contributed by atoms with van der Waals surface area (Å²) in [4.78, 5) is 20.0. The van der Waals surface area contributed by atoms with Gasteiger partial charge < -0.3 is 11.1 Å². The number of nitrogens with one attached hydrogen (secondary N) is 1. The molecule has 0 aliphatic rings. The second kappa shape index (κ2) is 7.56. The van der Waals surface area contributed by atoms with E-state index in [-0.39, 0.29) is 5.69 Å². The first-order chi connectivity index (χ1) is 14.0. The molecule has 0 saturated heterocycles. The summed E-state index contributed by atoms with van der Waals surface area (Å²) >= 11 is 0. The van der Waals surface area contributed by atoms with Crippen molar-refractivity contribution in [2.45, 2.75) is 6.92 Å². The lowest BCUT2D eigenvalue weighted by molar-refractivity contribution is 0.0995. The van der Waals surface area contributed by atoms with Gasteiger partial charge in [0, 0.05) is 34.6 Å². The van der Waals surface area contributed by atoms with E-state index >= 15 is 0 Å². The molecule has 0 spiro atoms. The average molecular weight is 380 g/mol. The number of pyridine rings is 2. The lowest BCUT2D eigenvalue weighted by atomic mass is 10.00. The highest BCUT2D eigenvalue weighted by atomic mass is 16.1. The predicted octanol–water partition coefficient (Wildman–Crippen LogP) is 5.17. The molecule has 29 heavy (non-hydrogen) atoms. The summed E-state index contributed by atoms with van der Waals surface area (Å²) in [5.74, 6) is -0.542. The van der Waals surface area contributed by atoms with Gasteiger partial charge in [-0.05, 0) is 48.4 Å². The molecule has 5 heteroatoms. The summed E-state index contributed by atoms with van der Waals surface area (Å²) in [7, 11) is 0. The molecule has 0 unspecified atom stereocenters. The molecule has 3 N–H and O–H groups in total. The van der Waals surface area contributed by atoms with Crippen LogP contribution in [0.4, 0.5) is 11.4 Å². The Bertz CT molecular complexity index is 1220. The molecular weight excluding hydrogens is 360 g/mol. The molecular formula is C24H20N4O. The average Bonchev–Trinajstić information content (AvgIpc) is 2.74. The first kappa shape index (κ1) is 18.4. The van der Waals surface area contributed by atoms with Crippen LogP contribution >= 0.6 is 0 Å². The summed E-state index contributed by atoms with van der Waals surface area (Å²) in [6, 6.07) is 19.5. The summed E-state index contributed by atoms with van der Waals surface area (Å²) in [6.45, 7) is 6.08. The van der Waals surface area contributed by atoms with Crippen molar-refractivity contribution in [1.82, 2.24) is 9.97 Å². The minimum absolute atomic E-state index is 0.243. The van der Waals surface area contributed by atoms with Crippen molar-refractivity contribution in [2.75, 3.05) is 5.32 Å². The summed E-state index contributed by atoms with van der Waals surface area (Å²) in [5, 5.41) is 4.50. The largest absolute Gasteiger partial charge is 0.364 e. The minimum Gasteiger partial charge on any atom is -0.364 e. The maximum atomic E-state index is 11.3. The number of allylic oxidation sites excluding steroid dienone is 1. The van der Waals surface area contributed by atoms with Crippen LogP contribution in [0.25, 0.3) is 27.6 Å². The van der Waals surface area contributed by atoms with Crippen molar-refractivity contribution in [2.24, 2.45) is 5.73 Å². The summed E-state index contributed by atoms with van der Waals surface area (Å²) in [5.41, 5.74) is 12.1. The SMILES string of the molecule is C=C(C)c1cnc2ccc(-c3ccc(C(N)=O)nc3)cc2c1Nc1ccccc1. The fraction of sp³-hybridized carbons (Fsp3) is 0.0417. The van der Waals surface area contributed by atoms with Crippen molar-refractivity contribution >= 4 is 33.8 Å². The van der Waals surface area contributed by atoms with Crippen molar-refractivity contribution in [3.05, 3.63) is 90.9 Å². The van der Waals surface area contributed by atoms with E-state index in [1.807, 2.05) is 61.7 Å². The smallest absolute Gasteiger partial charge is 0.267 e. The number of nitrogens with two attached hydrogens (primary N) is 1. The Labute approximate surface area is 168 Å². The van der Waals surface area contributed by atoms with Gasteiger partial charge in [-0.2, -0.15) is 0 Å². The first-order valence-corrected chi connectivity index (χ1v) is 9.20. The molecule has 0 fully saturated rings. The van der Waals surface area contributed by atoms with Crippen molar-refractivity contribution in [3.8, 4) is 11.1 Å². The highest BCUT2D eigenvalue weighted by Gasteiger charge is 2.12. The molecule has 2 aromatic heterocycles. The molecule has 0 aliphatic carbocycles. The minimum atomic E-state index is -0.542. The number of fused-ring (bicyclic) bond motifs is 1. The number of rotatable bonds is 5. The lowest BCUT2D eigenvalue weighted by Gasteiger charge is -2.16. The number of anilines is 2. The van der Waals surface area contributed by atoms with E-state index in [0.717, 1.165) is 44.5 Å². The van der Waals surface area contributed by atoms with Gasteiger partial charge in [0.05, 0.1) is 11.2 Å². The third kappa shape index (κ3) is 3.71. The van der Waals surface area contributed by atoms with Crippen LogP contribution in [0.3, 0.4) is 0 Å². The summed E-state index contributed by atoms with van der Waals surface area (Å²) in [6.07, 6.45) is 3.50. The highest BCUT2D eigenvalue weighted by molar-refractivity contribution is 6.00. The van der Waals surface area contributed by atoms with Gasteiger partial charge in [0.2, 0.25) is 0 Å². The van der Waals surface area contributed by atoms with E-state index in [2.05, 4.69) is 27.9 Å². The number of hydrogen-bond acceptors (Lipinski definition) is 4. The van der Waals surface area contributed by atoms with Crippen LogP contribution in [0, 0.1) is 0 Å². The fourth-order valence-corrected chi connectivity index (χ4v) is 3.21. The van der Waals surface area contributed by atoms with E-state index in [1.54, 1.807) is 12.3 Å². The maximum Gasteiger partial charge on any atom is 0.267 e. The van der Waals surface area contributed by atoms with E-state index in [1.165, 1.54) is 0 Å². The molecule has 4 aromatic rings. The van der Waals surface area contributed by atoms with Gasteiger partial charge in [-0.3, -0.25) is 14.8 Å². The Kier molecular flexibility index (Phi) is 4.79. The third-order valence-corrected chi connectivity index (χ3v) is 4.72. The summed E-state index contributed by atoms with van der Waals surface area (Å²) < 4.78 is 0. The van der Waals surface area contributed by atoms with Crippen molar-refractivity contribution < 1.29 is 4.79 Å². The van der Waals surface area contributed by atoms with Crippen LogP contribution in [0.15, 0.2) is 79.6 Å². The van der Waals surface area contributed by atoms with Gasteiger partial charge in [-0.1, -0.05) is 36.9 Å². The lowest BCUT2D eigenvalue weighted by Crippen LogP contribution is -2.12. The van der Waals surface area contributed by atoms with Crippen LogP contribution in [-0.4, -0.2) is 15.9 Å². The third-order valence-electron chi connectivity index (χ3n) is 4.72. The molecule has 0 radical (unpaired) electrons. The van der Waals surface area contributed by atoms with Crippen LogP contribution < -0.4 is 11.1 Å². The first-order valence-electron chi connectivity index (χ1n) is 9.20. The zero-order valence-corrected chi connectivity index (χ0v) is 16.0. The molecule has 0 bridgehead atoms. The molecule has 0 saturated carbocycles. The van der Waals surface area contributed by atoms with Crippen molar-refractivity contribution in [1.29, 1.82) is 0 Å². The topological polar surface area (TPSA) is 80.9 Å². The maximum absolute atomic E-state index is 11.3. The van der Waals surface area contributed by atoms with Crippen LogP contribution in [0.5, 0.6) is 0 Å². The monoisotopic (exact) mass is 380 g/mol. The number of nitrogens with zero attached hydrogens (tertiary/aromatic N) is 2. The van der Waals surface area contributed by atoms with Crippen LogP contribution in [0.2, 0.25) is 0 Å². The van der Waals surface area contributed by atoms with E-state index in [9.17, 15) is 4.79 Å². The van der Waals surface area contributed by atoms with E-state index in [0.29, 0.717) is 0 Å². The Hall–Kier alpha value is -3.99. The Morgan fingerprint density at radius 2 is 1.72 bits per heavy atom. The molecule has 4 rings (SSSR count). The molecule has 2 aromatic carbocycles. The van der Waals surface area contributed by atoms with Gasteiger partial charge in [-0.15, -0.1) is 0 Å². The number of aromatic nitrogens is 2. The molecule has 0 aliphatic heterocycles. The van der Waals surface area contributed by atoms with Gasteiger partial charge in [-0.25, -0.2) is 0 Å². The number of primary amides is 1. The fourth-order valence-electron chi connectivity index (χ4n) is 3.21. The van der Waals surface area contributed by atoms with Gasteiger partial charge in [0.15, 0.2) is 0 Å². The Morgan fingerprint density at radius 3 is 2.38 bits per heavy atom. The normalized spacial score (nSPS) is 10.7. The van der Waals surface area contributed by atoms with Gasteiger partial charge in [0.25, 0.3) is 5.91 Å². The Balaban J connectivity index is 1.86. The predicted molar refractivity (Wildman–Crippen MR) is 118 cm³/mol. The molecule has 142 valence electrons. The number of para-hydroxylation sites is 1. The number of hydrogen-bond donors (Lipinski definition) is 2. The molecule has 5 nitrogen and oxygen atoms in total. The number of carbonyl (C=O) groups excluding carboxylic acids is 1. The standard InChI is InChI=1S/C24H20N4O/c1-15(2)20-14-27-21-10-8-16(17-9-11-22(24(25)29)26-13-17)12-19(21)23(20)28-18-6-4-3-5-7-18/h3-14H,1H2,2H3,(H2,25,29)(H,27,28). The molecule has 2 heterocycles. The highest BCUT2D eigenvalue weighted by Crippen LogP contribution is 2.34. The van der Waals surface area contributed by atoms with Crippen LogP contribution in [0.1, 0.15) is 23.0 Å². The second-order valence-electron chi connectivity index (χ2n) is 6.85. The Morgan fingerprint density at radius 1 is 0.966 bits per heavy atom. The molecule has 1 amide bonds. The zero-order valence-electron chi connectivity index (χ0n) is 16.0. The van der Waals surface area contributed by atoms with E-state index in [4.69, 9.17) is 5.73 Å². The van der Waals surface area contributed by atoms with Gasteiger partial charge >= 0.3 is 0 Å². The quantitative estimate of drug-likeness (QED) is 0.500. The van der Waals surface area contributed by atoms with Gasteiger partial charge in [0.1, 0.15) is 5.69 Å². The van der Waals surface area contributed by atoms with Crippen molar-refractivity contribution in [3.63, 3.8) is 0 Å². The molecule has 0 atom stereocenters. The van der Waals surface area contributed by atoms with E-state index < -0.39 is 5.91 Å². The number of carbonyl (C=O) groups is 1.